The lowest BCUT2D eigenvalue weighted by Crippen LogP contribution is -2.49. The normalized spacial score (nSPS) is 12.1. The first-order chi connectivity index (χ1) is 16.6. The van der Waals surface area contributed by atoms with Gasteiger partial charge in [-0.25, -0.2) is 8.42 Å². The Morgan fingerprint density at radius 1 is 0.943 bits per heavy atom. The monoisotopic (exact) mass is 501 g/mol. The third-order valence-corrected chi connectivity index (χ3v) is 7.08. The molecule has 2 aromatic carbocycles. The van der Waals surface area contributed by atoms with Crippen molar-refractivity contribution in [2.45, 2.75) is 66.0 Å². The molecule has 0 spiro atoms. The summed E-state index contributed by atoms with van der Waals surface area (Å²) in [5.41, 5.74) is 3.68. The van der Waals surface area contributed by atoms with Gasteiger partial charge >= 0.3 is 0 Å². The van der Waals surface area contributed by atoms with E-state index in [-0.39, 0.29) is 24.8 Å². The maximum Gasteiger partial charge on any atom is 0.242 e. The first-order valence-corrected chi connectivity index (χ1v) is 14.1. The van der Waals surface area contributed by atoms with Crippen molar-refractivity contribution in [2.75, 3.05) is 23.7 Å². The Morgan fingerprint density at radius 2 is 1.51 bits per heavy atom. The molecule has 0 fully saturated rings. The Balaban J connectivity index is 2.18. The summed E-state index contributed by atoms with van der Waals surface area (Å²) in [6.45, 7) is 8.89. The molecule has 0 saturated carbocycles. The second-order valence-corrected chi connectivity index (χ2v) is 10.9. The topological polar surface area (TPSA) is 86.8 Å². The van der Waals surface area contributed by atoms with Crippen LogP contribution in [-0.4, -0.2) is 50.5 Å². The average molecular weight is 502 g/mol. The predicted molar refractivity (Wildman–Crippen MR) is 142 cm³/mol. The highest BCUT2D eigenvalue weighted by molar-refractivity contribution is 7.92. The highest BCUT2D eigenvalue weighted by atomic mass is 32.2. The van der Waals surface area contributed by atoms with Gasteiger partial charge in [-0.1, -0.05) is 61.4 Å². The van der Waals surface area contributed by atoms with Crippen LogP contribution in [0.3, 0.4) is 0 Å². The number of rotatable bonds is 13. The number of anilines is 1. The molecule has 0 aliphatic rings. The number of carbonyl (C=O) groups is 2. The summed E-state index contributed by atoms with van der Waals surface area (Å²) in [5.74, 6) is -0.325. The lowest BCUT2D eigenvalue weighted by molar-refractivity contribution is -0.141. The van der Waals surface area contributed by atoms with E-state index in [2.05, 4.69) is 5.32 Å². The van der Waals surface area contributed by atoms with Crippen LogP contribution in [0.1, 0.15) is 56.2 Å². The molecule has 0 radical (unpaired) electrons. The average Bonchev–Trinajstić information content (AvgIpc) is 2.81. The van der Waals surface area contributed by atoms with Crippen LogP contribution in [-0.2, 0) is 26.2 Å². The lowest BCUT2D eigenvalue weighted by atomic mass is 10.1. The van der Waals surface area contributed by atoms with Crippen molar-refractivity contribution in [1.82, 2.24) is 10.2 Å². The van der Waals surface area contributed by atoms with Crippen molar-refractivity contribution >= 4 is 27.5 Å². The fourth-order valence-corrected chi connectivity index (χ4v) is 4.86. The molecule has 2 rings (SSSR count). The maximum atomic E-state index is 13.4. The van der Waals surface area contributed by atoms with E-state index in [1.165, 1.54) is 10.6 Å². The number of nitrogens with zero attached hydrogens (tertiary/aromatic N) is 2. The van der Waals surface area contributed by atoms with Gasteiger partial charge in [0.05, 0.1) is 11.9 Å². The van der Waals surface area contributed by atoms with E-state index in [0.29, 0.717) is 31.6 Å². The summed E-state index contributed by atoms with van der Waals surface area (Å²) in [6, 6.07) is 14.6. The number of nitrogens with one attached hydrogen (secondary N) is 1. The highest BCUT2D eigenvalue weighted by Crippen LogP contribution is 2.20. The van der Waals surface area contributed by atoms with Gasteiger partial charge in [-0.05, 0) is 50.8 Å². The molecular weight excluding hydrogens is 462 g/mol. The first kappa shape index (κ1) is 28.4. The molecule has 1 atom stereocenters. The van der Waals surface area contributed by atoms with E-state index in [0.717, 1.165) is 23.1 Å². The van der Waals surface area contributed by atoms with Gasteiger partial charge in [0.25, 0.3) is 0 Å². The molecule has 0 saturated heterocycles. The van der Waals surface area contributed by atoms with Gasteiger partial charge in [-0.15, -0.1) is 0 Å². The van der Waals surface area contributed by atoms with Crippen LogP contribution in [0.25, 0.3) is 0 Å². The summed E-state index contributed by atoms with van der Waals surface area (Å²) in [6.07, 6.45) is 2.96. The predicted octanol–water partition coefficient (Wildman–Crippen LogP) is 4.18. The molecule has 7 nitrogen and oxygen atoms in total. The zero-order valence-electron chi connectivity index (χ0n) is 21.6. The SMILES string of the molecule is CCCNC(=O)[C@H](CC)N(Cc1ccc(C)cc1)C(=O)CCCN(c1ccc(C)cc1)S(C)(=O)=O. The van der Waals surface area contributed by atoms with Gasteiger partial charge in [0, 0.05) is 26.1 Å². The summed E-state index contributed by atoms with van der Waals surface area (Å²) in [4.78, 5) is 27.9. The van der Waals surface area contributed by atoms with Crippen LogP contribution in [0.4, 0.5) is 5.69 Å². The summed E-state index contributed by atoms with van der Waals surface area (Å²) in [7, 11) is -3.50. The van der Waals surface area contributed by atoms with Crippen molar-refractivity contribution in [2.24, 2.45) is 0 Å². The van der Waals surface area contributed by atoms with E-state index in [1.54, 1.807) is 17.0 Å². The van der Waals surface area contributed by atoms with E-state index in [1.807, 2.05) is 64.1 Å². The number of benzene rings is 2. The van der Waals surface area contributed by atoms with E-state index in [4.69, 9.17) is 0 Å². The molecule has 2 aromatic rings. The molecule has 0 aromatic heterocycles. The molecule has 0 aliphatic heterocycles. The molecule has 1 N–H and O–H groups in total. The molecule has 0 aliphatic carbocycles. The van der Waals surface area contributed by atoms with E-state index < -0.39 is 16.1 Å². The molecule has 192 valence electrons. The summed E-state index contributed by atoms with van der Waals surface area (Å²) < 4.78 is 26.2. The van der Waals surface area contributed by atoms with Gasteiger partial charge < -0.3 is 10.2 Å². The zero-order chi connectivity index (χ0) is 26.0. The molecule has 8 heteroatoms. The molecule has 0 bridgehead atoms. The Morgan fingerprint density at radius 3 is 2.03 bits per heavy atom. The minimum absolute atomic E-state index is 0.140. The van der Waals surface area contributed by atoms with Crippen LogP contribution in [0.2, 0.25) is 0 Å². The van der Waals surface area contributed by atoms with Gasteiger partial charge in [0.15, 0.2) is 0 Å². The number of hydrogen-bond acceptors (Lipinski definition) is 4. The highest BCUT2D eigenvalue weighted by Gasteiger charge is 2.28. The number of sulfonamides is 1. The fraction of sp³-hybridized carbons (Fsp3) is 0.481. The largest absolute Gasteiger partial charge is 0.354 e. The van der Waals surface area contributed by atoms with Gasteiger partial charge in [-0.3, -0.25) is 13.9 Å². The summed E-state index contributed by atoms with van der Waals surface area (Å²) >= 11 is 0. The number of amides is 2. The standard InChI is InChI=1S/C27H39N3O4S/c1-6-18-28-27(32)25(7-2)29(20-23-14-10-21(3)11-15-23)26(31)9-8-19-30(35(5,33)34)24-16-12-22(4)13-17-24/h10-17,25H,6-9,18-20H2,1-5H3,(H,28,32)/t25-/m0/s1. The minimum atomic E-state index is -3.50. The van der Waals surface area contributed by atoms with Crippen molar-refractivity contribution in [3.63, 3.8) is 0 Å². The first-order valence-electron chi connectivity index (χ1n) is 12.2. The van der Waals surface area contributed by atoms with E-state index in [9.17, 15) is 18.0 Å². The van der Waals surface area contributed by atoms with Crippen molar-refractivity contribution in [3.8, 4) is 0 Å². The smallest absolute Gasteiger partial charge is 0.242 e. The number of aryl methyl sites for hydroxylation is 2. The van der Waals surface area contributed by atoms with Gasteiger partial charge in [0.1, 0.15) is 6.04 Å². The van der Waals surface area contributed by atoms with Crippen molar-refractivity contribution < 1.29 is 18.0 Å². The van der Waals surface area contributed by atoms with Gasteiger partial charge in [0.2, 0.25) is 21.8 Å². The van der Waals surface area contributed by atoms with Crippen LogP contribution >= 0.6 is 0 Å². The summed E-state index contributed by atoms with van der Waals surface area (Å²) in [5, 5.41) is 2.91. The Hall–Kier alpha value is -2.87. The van der Waals surface area contributed by atoms with Crippen LogP contribution in [0.15, 0.2) is 48.5 Å². The molecule has 2 amide bonds. The lowest BCUT2D eigenvalue weighted by Gasteiger charge is -2.31. The van der Waals surface area contributed by atoms with Crippen LogP contribution in [0, 0.1) is 13.8 Å². The Labute approximate surface area is 210 Å². The van der Waals surface area contributed by atoms with Crippen molar-refractivity contribution in [3.05, 3.63) is 65.2 Å². The molecule has 0 heterocycles. The van der Waals surface area contributed by atoms with Crippen LogP contribution < -0.4 is 9.62 Å². The fourth-order valence-electron chi connectivity index (χ4n) is 3.89. The minimum Gasteiger partial charge on any atom is -0.354 e. The maximum absolute atomic E-state index is 13.4. The molecular formula is C27H39N3O4S. The Bertz CT molecular complexity index is 1070. The zero-order valence-corrected chi connectivity index (χ0v) is 22.4. The van der Waals surface area contributed by atoms with Crippen molar-refractivity contribution in [1.29, 1.82) is 0 Å². The molecule has 0 unspecified atom stereocenters. The van der Waals surface area contributed by atoms with E-state index >= 15 is 0 Å². The van der Waals surface area contributed by atoms with Crippen LogP contribution in [0.5, 0.6) is 0 Å². The second-order valence-electron chi connectivity index (χ2n) is 9.00. The third-order valence-electron chi connectivity index (χ3n) is 5.88. The van der Waals surface area contributed by atoms with Gasteiger partial charge in [-0.2, -0.15) is 0 Å². The third kappa shape index (κ3) is 8.69. The second kappa shape index (κ2) is 13.3. The number of hydrogen-bond donors (Lipinski definition) is 1. The number of carbonyl (C=O) groups excluding carboxylic acids is 2. The quantitative estimate of drug-likeness (QED) is 0.446. The Kier molecular flexibility index (Phi) is 10.8. The molecule has 35 heavy (non-hydrogen) atoms.